The zero-order chi connectivity index (χ0) is 24.3. The number of anilines is 1. The number of ether oxygens (including phenoxy) is 1. The van der Waals surface area contributed by atoms with Crippen molar-refractivity contribution in [3.8, 4) is 5.75 Å². The van der Waals surface area contributed by atoms with Gasteiger partial charge < -0.3 is 15.4 Å². The molecule has 1 aliphatic rings. The van der Waals surface area contributed by atoms with Crippen molar-refractivity contribution in [2.24, 2.45) is 0 Å². The first kappa shape index (κ1) is 24.5. The summed E-state index contributed by atoms with van der Waals surface area (Å²) < 4.78 is 19.4. The number of rotatable bonds is 8. The Morgan fingerprint density at radius 2 is 2.03 bits per heavy atom. The van der Waals surface area contributed by atoms with Gasteiger partial charge >= 0.3 is 0 Å². The lowest BCUT2D eigenvalue weighted by Crippen LogP contribution is -2.32. The topological polar surface area (TPSA) is 67.4 Å². The van der Waals surface area contributed by atoms with Gasteiger partial charge in [0.25, 0.3) is 5.91 Å². The Kier molecular flexibility index (Phi) is 7.56. The smallest absolute Gasteiger partial charge is 0.262 e. The van der Waals surface area contributed by atoms with Crippen molar-refractivity contribution >= 4 is 45.9 Å². The minimum absolute atomic E-state index is 0.235. The molecule has 5 nitrogen and oxygen atoms in total. The minimum Gasteiger partial charge on any atom is -0.493 e. The summed E-state index contributed by atoms with van der Waals surface area (Å²) in [6.07, 6.45) is 3.56. The van der Waals surface area contributed by atoms with Gasteiger partial charge in [-0.3, -0.25) is 9.59 Å². The summed E-state index contributed by atoms with van der Waals surface area (Å²) in [6.45, 7) is 13.5. The van der Waals surface area contributed by atoms with Gasteiger partial charge in [0.2, 0.25) is 0 Å². The van der Waals surface area contributed by atoms with Gasteiger partial charge in [-0.2, -0.15) is 0 Å². The van der Waals surface area contributed by atoms with Crippen molar-refractivity contribution in [1.29, 1.82) is 0 Å². The van der Waals surface area contributed by atoms with Crippen LogP contribution in [0.5, 0.6) is 5.75 Å². The van der Waals surface area contributed by atoms with Gasteiger partial charge in [0, 0.05) is 24.1 Å². The number of benzene rings is 1. The van der Waals surface area contributed by atoms with Gasteiger partial charge in [-0.05, 0) is 42.3 Å². The van der Waals surface area contributed by atoms with Crippen molar-refractivity contribution in [2.75, 3.05) is 19.0 Å². The van der Waals surface area contributed by atoms with Crippen LogP contribution in [0.3, 0.4) is 0 Å². The fourth-order valence-corrected chi connectivity index (χ4v) is 4.97. The van der Waals surface area contributed by atoms with Crippen molar-refractivity contribution in [2.45, 2.75) is 19.4 Å². The molecule has 1 amide bonds. The molecule has 1 aromatic carbocycles. The molecule has 1 aromatic heterocycles. The van der Waals surface area contributed by atoms with Gasteiger partial charge in [0.15, 0.2) is 5.78 Å². The Labute approximate surface area is 201 Å². The third-order valence-corrected chi connectivity index (χ3v) is 6.71. The maximum atomic E-state index is 13.8. The van der Waals surface area contributed by atoms with Gasteiger partial charge in [-0.15, -0.1) is 11.3 Å². The number of Topliss-reactive ketones (excluding diaryl/α,β-unsaturated/α-hetero) is 1. The zero-order valence-corrected chi connectivity index (χ0v) is 20.0. The fourth-order valence-electron chi connectivity index (χ4n) is 3.58. The highest BCUT2D eigenvalue weighted by atomic mass is 35.5. The van der Waals surface area contributed by atoms with Gasteiger partial charge in [-0.1, -0.05) is 37.4 Å². The van der Waals surface area contributed by atoms with Gasteiger partial charge in [0.1, 0.15) is 16.4 Å². The number of thiophene rings is 1. The van der Waals surface area contributed by atoms with Gasteiger partial charge in [-0.25, -0.2) is 4.39 Å². The van der Waals surface area contributed by atoms with E-state index >= 15 is 0 Å². The second-order valence-electron chi connectivity index (χ2n) is 7.40. The molecule has 0 radical (unpaired) electrons. The number of carbonyl (C=O) groups is 2. The van der Waals surface area contributed by atoms with Crippen LogP contribution < -0.4 is 15.4 Å². The number of carbonyl (C=O) groups excluding carboxylic acids is 2. The number of allylic oxidation sites excluding steroid dienone is 5. The van der Waals surface area contributed by atoms with Crippen molar-refractivity contribution in [1.82, 2.24) is 5.32 Å². The second kappa shape index (κ2) is 10.2. The summed E-state index contributed by atoms with van der Waals surface area (Å²) in [7, 11) is 1.67. The average Bonchev–Trinajstić information content (AvgIpc) is 3.18. The molecule has 33 heavy (non-hydrogen) atoms. The molecule has 0 saturated carbocycles. The lowest BCUT2D eigenvalue weighted by atomic mass is 9.99. The summed E-state index contributed by atoms with van der Waals surface area (Å²) in [5.74, 6) is -0.602. The lowest BCUT2D eigenvalue weighted by Gasteiger charge is -2.26. The monoisotopic (exact) mass is 486 g/mol. The van der Waals surface area contributed by atoms with E-state index in [0.29, 0.717) is 51.1 Å². The van der Waals surface area contributed by atoms with E-state index in [2.05, 4.69) is 30.4 Å². The summed E-state index contributed by atoms with van der Waals surface area (Å²) in [5, 5.41) is 6.34. The van der Waals surface area contributed by atoms with Crippen LogP contribution in [0, 0.1) is 5.82 Å². The van der Waals surface area contributed by atoms with E-state index in [-0.39, 0.29) is 16.2 Å². The van der Waals surface area contributed by atoms with Crippen LogP contribution >= 0.6 is 22.9 Å². The molecule has 2 heterocycles. The van der Waals surface area contributed by atoms with E-state index in [0.717, 1.165) is 11.3 Å². The number of nitrogens with one attached hydrogen (secondary N) is 2. The number of hydrogen-bond acceptors (Lipinski definition) is 5. The first-order valence-corrected chi connectivity index (χ1v) is 11.3. The maximum absolute atomic E-state index is 13.8. The van der Waals surface area contributed by atoms with Crippen molar-refractivity contribution in [3.05, 3.63) is 87.4 Å². The molecule has 1 atom stereocenters. The Bertz CT molecular complexity index is 1200. The quantitative estimate of drug-likeness (QED) is 0.341. The van der Waals surface area contributed by atoms with E-state index < -0.39 is 17.8 Å². The maximum Gasteiger partial charge on any atom is 0.262 e. The normalized spacial score (nSPS) is 15.2. The third-order valence-electron chi connectivity index (χ3n) is 5.20. The largest absolute Gasteiger partial charge is 0.493 e. The molecular formula is C25H24ClFN2O3S. The molecule has 0 bridgehead atoms. The Hall–Kier alpha value is -3.16. The molecule has 0 unspecified atom stereocenters. The molecule has 8 heteroatoms. The number of amides is 1. The molecule has 2 N–H and O–H groups in total. The molecule has 172 valence electrons. The van der Waals surface area contributed by atoms with Crippen LogP contribution in [0.2, 0.25) is 0 Å². The second-order valence-corrected chi connectivity index (χ2v) is 8.86. The minimum atomic E-state index is -0.451. The predicted molar refractivity (Wildman–Crippen MR) is 133 cm³/mol. The first-order chi connectivity index (χ1) is 15.7. The molecular weight excluding hydrogens is 463 g/mol. The van der Waals surface area contributed by atoms with Crippen LogP contribution in [0.1, 0.15) is 49.9 Å². The number of ketones is 1. The zero-order valence-electron chi connectivity index (χ0n) is 18.4. The number of halogens is 2. The van der Waals surface area contributed by atoms with E-state index in [4.69, 9.17) is 16.3 Å². The highest BCUT2D eigenvalue weighted by molar-refractivity contribution is 7.16. The van der Waals surface area contributed by atoms with Crippen molar-refractivity contribution in [3.63, 3.8) is 0 Å². The molecule has 1 aliphatic heterocycles. The van der Waals surface area contributed by atoms with Crippen LogP contribution in [0.15, 0.2) is 60.7 Å². The Morgan fingerprint density at radius 1 is 1.30 bits per heavy atom. The molecule has 0 aliphatic carbocycles. The summed E-state index contributed by atoms with van der Waals surface area (Å²) >= 11 is 7.17. The van der Waals surface area contributed by atoms with Crippen LogP contribution in [0.25, 0.3) is 5.57 Å². The highest BCUT2D eigenvalue weighted by Crippen LogP contribution is 2.41. The molecule has 0 saturated heterocycles. The number of hydrogen-bond donors (Lipinski definition) is 2. The Morgan fingerprint density at radius 3 is 2.67 bits per heavy atom. The fraction of sp³-hybridized carbons (Fsp3) is 0.200. The summed E-state index contributed by atoms with van der Waals surface area (Å²) in [6, 6.07) is 3.76. The van der Waals surface area contributed by atoms with E-state index in [1.807, 2.05) is 0 Å². The predicted octanol–water partition coefficient (Wildman–Crippen LogP) is 6.26. The SMILES string of the molecule is C=C/C(Cl)=C\C(=C)C(=C)c1sc(C(=O)N[C@H]2CCOc3ccc(F)cc32)c(C(C)=O)c1NC. The lowest BCUT2D eigenvalue weighted by molar-refractivity contribution is 0.0918. The van der Waals surface area contributed by atoms with E-state index in [1.54, 1.807) is 19.2 Å². The Balaban J connectivity index is 2.00. The summed E-state index contributed by atoms with van der Waals surface area (Å²) in [4.78, 5) is 26.7. The highest BCUT2D eigenvalue weighted by Gasteiger charge is 2.30. The standard InChI is InChI=1S/C25H24ClFN2O3S/c1-6-16(26)11-13(2)14(3)23-22(28-5)21(15(4)30)24(33-23)25(31)29-19-9-10-32-20-8-7-17(27)12-18(19)20/h6-8,11-12,19,28H,1-3,9-10H2,4-5H3,(H,29,31)/b16-11+/t19-/m0/s1. The first-order valence-electron chi connectivity index (χ1n) is 10.1. The molecule has 0 fully saturated rings. The number of fused-ring (bicyclic) bond motifs is 1. The average molecular weight is 487 g/mol. The third kappa shape index (κ3) is 5.10. The van der Waals surface area contributed by atoms with Gasteiger partial charge in [0.05, 0.1) is 28.8 Å². The van der Waals surface area contributed by atoms with Crippen LogP contribution in [-0.4, -0.2) is 25.3 Å². The molecule has 0 spiro atoms. The summed E-state index contributed by atoms with van der Waals surface area (Å²) in [5.41, 5.74) is 2.35. The molecule has 3 rings (SSSR count). The van der Waals surface area contributed by atoms with E-state index in [1.165, 1.54) is 25.1 Å². The van der Waals surface area contributed by atoms with Crippen LogP contribution in [-0.2, 0) is 0 Å². The molecule has 2 aromatic rings. The van der Waals surface area contributed by atoms with Crippen molar-refractivity contribution < 1.29 is 18.7 Å². The van der Waals surface area contributed by atoms with E-state index in [9.17, 15) is 14.0 Å². The van der Waals surface area contributed by atoms with Crippen LogP contribution in [0.4, 0.5) is 10.1 Å².